The van der Waals surface area contributed by atoms with E-state index in [9.17, 15) is 21.6 Å². The number of anilines is 1. The molecule has 0 unspecified atom stereocenters. The van der Waals surface area contributed by atoms with Gasteiger partial charge in [-0.1, -0.05) is 18.2 Å². The van der Waals surface area contributed by atoms with E-state index in [0.29, 0.717) is 10.6 Å². The Morgan fingerprint density at radius 3 is 2.42 bits per heavy atom. The van der Waals surface area contributed by atoms with Gasteiger partial charge in [-0.2, -0.15) is 18.3 Å². The molecular weight excluding hydrogens is 363 g/mol. The number of halogens is 3. The lowest BCUT2D eigenvalue weighted by Gasteiger charge is -2.05. The summed E-state index contributed by atoms with van der Waals surface area (Å²) in [5, 5.41) is 5.48. The Hall–Kier alpha value is -2.33. The molecule has 0 saturated carbocycles. The lowest BCUT2D eigenvalue weighted by Crippen LogP contribution is -2.11. The van der Waals surface area contributed by atoms with Crippen molar-refractivity contribution in [2.45, 2.75) is 10.4 Å². The maximum atomic E-state index is 12.6. The highest BCUT2D eigenvalue weighted by Gasteiger charge is 2.33. The van der Waals surface area contributed by atoms with E-state index in [-0.39, 0.29) is 9.90 Å². The van der Waals surface area contributed by atoms with E-state index in [1.807, 2.05) is 5.10 Å². The number of nitrogens with zero attached hydrogens (tertiary/aromatic N) is 1. The Labute approximate surface area is 139 Å². The van der Waals surface area contributed by atoms with Gasteiger partial charge in [0.25, 0.3) is 10.0 Å². The van der Waals surface area contributed by atoms with Crippen molar-refractivity contribution >= 4 is 27.0 Å². The molecule has 3 aromatic rings. The Bertz CT molecular complexity index is 947. The summed E-state index contributed by atoms with van der Waals surface area (Å²) in [6.07, 6.45) is -4.54. The van der Waals surface area contributed by atoms with Crippen molar-refractivity contribution in [2.75, 3.05) is 4.72 Å². The third kappa shape index (κ3) is 3.44. The van der Waals surface area contributed by atoms with Gasteiger partial charge in [0.15, 0.2) is 0 Å². The zero-order chi connectivity index (χ0) is 17.4. The van der Waals surface area contributed by atoms with Crippen molar-refractivity contribution in [2.24, 2.45) is 0 Å². The molecule has 2 heterocycles. The summed E-state index contributed by atoms with van der Waals surface area (Å²) in [4.78, 5) is 0.315. The minimum atomic E-state index is -4.54. The van der Waals surface area contributed by atoms with Crippen LogP contribution in [0.5, 0.6) is 0 Å². The molecule has 0 aliphatic heterocycles. The van der Waals surface area contributed by atoms with Gasteiger partial charge in [-0.05, 0) is 30.3 Å². The SMILES string of the molecule is O=S(=O)(Nc1ccccc1)c1ccc(-c2cc(C(F)(F)F)[nH]n2)s1. The summed E-state index contributed by atoms with van der Waals surface area (Å²) in [5.74, 6) is 0. The van der Waals surface area contributed by atoms with E-state index < -0.39 is 21.9 Å². The van der Waals surface area contributed by atoms with E-state index in [4.69, 9.17) is 0 Å². The lowest BCUT2D eigenvalue weighted by molar-refractivity contribution is -0.141. The van der Waals surface area contributed by atoms with Crippen molar-refractivity contribution < 1.29 is 21.6 Å². The number of H-pyrrole nitrogens is 1. The van der Waals surface area contributed by atoms with Crippen LogP contribution in [0.1, 0.15) is 5.69 Å². The molecule has 0 amide bonds. The second-order valence-corrected chi connectivity index (χ2v) is 7.75. The van der Waals surface area contributed by atoms with Crippen LogP contribution in [0.2, 0.25) is 0 Å². The van der Waals surface area contributed by atoms with Gasteiger partial charge in [0.1, 0.15) is 15.6 Å². The van der Waals surface area contributed by atoms with Crippen LogP contribution in [0.15, 0.2) is 52.7 Å². The van der Waals surface area contributed by atoms with E-state index in [0.717, 1.165) is 17.4 Å². The molecule has 2 aromatic heterocycles. The second-order valence-electron chi connectivity index (χ2n) is 4.75. The number of nitrogens with one attached hydrogen (secondary N) is 2. The topological polar surface area (TPSA) is 74.8 Å². The van der Waals surface area contributed by atoms with Crippen molar-refractivity contribution in [3.05, 3.63) is 54.2 Å². The van der Waals surface area contributed by atoms with Crippen LogP contribution in [0.3, 0.4) is 0 Å². The molecule has 5 nitrogen and oxygen atoms in total. The van der Waals surface area contributed by atoms with Crippen molar-refractivity contribution in [3.63, 3.8) is 0 Å². The Morgan fingerprint density at radius 2 is 1.79 bits per heavy atom. The largest absolute Gasteiger partial charge is 0.432 e. The summed E-state index contributed by atoms with van der Waals surface area (Å²) in [7, 11) is -3.81. The third-order valence-electron chi connectivity index (χ3n) is 3.01. The van der Waals surface area contributed by atoms with E-state index in [1.165, 1.54) is 12.1 Å². The predicted octanol–water partition coefficient (Wildman–Crippen LogP) is 3.96. The molecule has 0 radical (unpaired) electrons. The quantitative estimate of drug-likeness (QED) is 0.727. The van der Waals surface area contributed by atoms with Gasteiger partial charge in [-0.3, -0.25) is 9.82 Å². The minimum Gasteiger partial charge on any atom is -0.279 e. The second kappa shape index (κ2) is 5.95. The number of aromatic amines is 1. The fraction of sp³-hybridized carbons (Fsp3) is 0.0714. The molecule has 0 fully saturated rings. The summed E-state index contributed by atoms with van der Waals surface area (Å²) in [6, 6.07) is 11.9. The summed E-state index contributed by atoms with van der Waals surface area (Å²) in [6.45, 7) is 0. The molecule has 1 aromatic carbocycles. The van der Waals surface area contributed by atoms with Crippen molar-refractivity contribution in [3.8, 4) is 10.6 Å². The maximum Gasteiger partial charge on any atom is 0.432 e. The number of hydrogen-bond acceptors (Lipinski definition) is 4. The van der Waals surface area contributed by atoms with E-state index >= 15 is 0 Å². The van der Waals surface area contributed by atoms with Gasteiger partial charge in [0.05, 0.1) is 4.88 Å². The molecule has 0 saturated heterocycles. The maximum absolute atomic E-state index is 12.6. The summed E-state index contributed by atoms with van der Waals surface area (Å²) < 4.78 is 64.7. The molecule has 3 rings (SSSR count). The fourth-order valence-electron chi connectivity index (χ4n) is 1.91. The summed E-state index contributed by atoms with van der Waals surface area (Å²) in [5.41, 5.74) is -0.558. The molecule has 0 aliphatic rings. The first-order chi connectivity index (χ1) is 11.3. The van der Waals surface area contributed by atoms with Crippen molar-refractivity contribution in [1.29, 1.82) is 0 Å². The lowest BCUT2D eigenvalue weighted by atomic mass is 10.3. The molecule has 24 heavy (non-hydrogen) atoms. The van der Waals surface area contributed by atoms with Gasteiger partial charge in [0.2, 0.25) is 0 Å². The molecule has 0 spiro atoms. The highest BCUT2D eigenvalue weighted by Crippen LogP contribution is 2.34. The number of aromatic nitrogens is 2. The van der Waals surface area contributed by atoms with Crippen molar-refractivity contribution in [1.82, 2.24) is 10.2 Å². The van der Waals surface area contributed by atoms with Gasteiger partial charge >= 0.3 is 6.18 Å². The number of sulfonamides is 1. The first-order valence-electron chi connectivity index (χ1n) is 6.56. The Balaban J connectivity index is 1.86. The van der Waals surface area contributed by atoms with Crippen LogP contribution in [-0.4, -0.2) is 18.6 Å². The highest BCUT2D eigenvalue weighted by atomic mass is 32.2. The van der Waals surface area contributed by atoms with Crippen LogP contribution < -0.4 is 4.72 Å². The molecule has 0 bridgehead atoms. The average molecular weight is 373 g/mol. The number of benzene rings is 1. The number of alkyl halides is 3. The van der Waals surface area contributed by atoms with Crippen LogP contribution in [0.25, 0.3) is 10.6 Å². The number of hydrogen-bond donors (Lipinski definition) is 2. The van der Waals surface area contributed by atoms with Gasteiger partial charge in [-0.25, -0.2) is 8.42 Å². The van der Waals surface area contributed by atoms with E-state index in [1.54, 1.807) is 30.3 Å². The average Bonchev–Trinajstić information content (AvgIpc) is 3.17. The standard InChI is InChI=1S/C14H10F3N3O2S2/c15-14(16,17)12-8-10(18-19-12)11-6-7-13(23-11)24(21,22)20-9-4-2-1-3-5-9/h1-8,20H,(H,18,19). The minimum absolute atomic E-state index is 0.0158. The predicted molar refractivity (Wildman–Crippen MR) is 84.2 cm³/mol. The Kier molecular flexibility index (Phi) is 4.10. The van der Waals surface area contributed by atoms with Gasteiger partial charge in [0, 0.05) is 5.69 Å². The monoisotopic (exact) mass is 373 g/mol. The number of rotatable bonds is 4. The number of thiophene rings is 1. The molecule has 0 atom stereocenters. The zero-order valence-electron chi connectivity index (χ0n) is 11.8. The van der Waals surface area contributed by atoms with Crippen LogP contribution in [0.4, 0.5) is 18.9 Å². The van der Waals surface area contributed by atoms with E-state index in [2.05, 4.69) is 9.82 Å². The normalized spacial score (nSPS) is 12.3. The number of para-hydroxylation sites is 1. The zero-order valence-corrected chi connectivity index (χ0v) is 13.5. The Morgan fingerprint density at radius 1 is 1.08 bits per heavy atom. The first kappa shape index (κ1) is 16.5. The first-order valence-corrected chi connectivity index (χ1v) is 8.86. The molecule has 10 heteroatoms. The molecule has 126 valence electrons. The van der Waals surface area contributed by atoms with Crippen LogP contribution in [0, 0.1) is 0 Å². The fourth-order valence-corrected chi connectivity index (χ4v) is 4.23. The smallest absolute Gasteiger partial charge is 0.279 e. The van der Waals surface area contributed by atoms with Crippen LogP contribution >= 0.6 is 11.3 Å². The van der Waals surface area contributed by atoms with Gasteiger partial charge < -0.3 is 0 Å². The van der Waals surface area contributed by atoms with Crippen LogP contribution in [-0.2, 0) is 16.2 Å². The third-order valence-corrected chi connectivity index (χ3v) is 5.99. The summed E-state index contributed by atoms with van der Waals surface area (Å²) >= 11 is 0.836. The molecule has 2 N–H and O–H groups in total. The molecular formula is C14H10F3N3O2S2. The highest BCUT2D eigenvalue weighted by molar-refractivity contribution is 7.94. The molecule has 0 aliphatic carbocycles. The van der Waals surface area contributed by atoms with Gasteiger partial charge in [-0.15, -0.1) is 11.3 Å².